The summed E-state index contributed by atoms with van der Waals surface area (Å²) in [6, 6.07) is 11.3. The summed E-state index contributed by atoms with van der Waals surface area (Å²) >= 11 is 0. The molecule has 2 heterocycles. The fourth-order valence-electron chi connectivity index (χ4n) is 4.58. The number of fused-ring (bicyclic) bond motifs is 1. The first-order valence-corrected chi connectivity index (χ1v) is 13.1. The fourth-order valence-corrected chi connectivity index (χ4v) is 5.21. The molecule has 0 saturated heterocycles. The second-order valence-corrected chi connectivity index (χ2v) is 11.6. The average Bonchev–Trinajstić information content (AvgIpc) is 3.40. The summed E-state index contributed by atoms with van der Waals surface area (Å²) in [6.45, 7) is 3.57. The summed E-state index contributed by atoms with van der Waals surface area (Å²) < 4.78 is 29.7. The van der Waals surface area contributed by atoms with Crippen LogP contribution in [-0.2, 0) is 9.84 Å². The van der Waals surface area contributed by atoms with E-state index in [0.29, 0.717) is 16.6 Å². The lowest BCUT2D eigenvalue weighted by Crippen LogP contribution is -2.32. The quantitative estimate of drug-likeness (QED) is 0.507. The Kier molecular flexibility index (Phi) is 6.32. The van der Waals surface area contributed by atoms with E-state index in [9.17, 15) is 13.5 Å². The van der Waals surface area contributed by atoms with Gasteiger partial charge in [-0.15, -0.1) is 0 Å². The Balaban J connectivity index is 1.68. The van der Waals surface area contributed by atoms with E-state index in [0.717, 1.165) is 28.7 Å². The minimum atomic E-state index is -3.22. The van der Waals surface area contributed by atoms with E-state index in [-0.39, 0.29) is 12.5 Å². The number of pyridine rings is 1. The van der Waals surface area contributed by atoms with Gasteiger partial charge in [0.1, 0.15) is 17.0 Å². The van der Waals surface area contributed by atoms with Gasteiger partial charge in [0.25, 0.3) is 0 Å². The van der Waals surface area contributed by atoms with Gasteiger partial charge in [-0.3, -0.25) is 0 Å². The van der Waals surface area contributed by atoms with E-state index >= 15 is 0 Å². The predicted molar refractivity (Wildman–Crippen MR) is 126 cm³/mol. The van der Waals surface area contributed by atoms with Crippen LogP contribution < -0.4 is 4.74 Å². The second-order valence-electron chi connectivity index (χ2n) is 9.63. The molecule has 0 amide bonds. The van der Waals surface area contributed by atoms with E-state index < -0.39 is 15.4 Å². The number of nitrogens with zero attached hydrogens (tertiary/aromatic N) is 1. The van der Waals surface area contributed by atoms with Crippen molar-refractivity contribution in [1.82, 2.24) is 9.97 Å². The molecule has 0 radical (unpaired) electrons. The lowest BCUT2D eigenvalue weighted by Gasteiger charge is -2.23. The minimum absolute atomic E-state index is 0.0869. The SMILES string of the molecule is CC(C)(CO)Oc1cnc2[nH]c(C(CC3CCCC3)c3ccc(S(C)(=O)=O)cc3)cc2c1. The number of aliphatic hydroxyl groups excluding tert-OH is 1. The highest BCUT2D eigenvalue weighted by atomic mass is 32.2. The topological polar surface area (TPSA) is 92.3 Å². The van der Waals surface area contributed by atoms with Gasteiger partial charge in [-0.25, -0.2) is 13.4 Å². The van der Waals surface area contributed by atoms with Gasteiger partial charge in [0.2, 0.25) is 0 Å². The van der Waals surface area contributed by atoms with Crippen LogP contribution in [0.5, 0.6) is 5.75 Å². The maximum absolute atomic E-state index is 11.9. The van der Waals surface area contributed by atoms with Crippen LogP contribution in [0.3, 0.4) is 0 Å². The number of H-pyrrole nitrogens is 1. The van der Waals surface area contributed by atoms with E-state index in [1.807, 2.05) is 32.0 Å². The van der Waals surface area contributed by atoms with Gasteiger partial charge in [-0.1, -0.05) is 37.8 Å². The fraction of sp³-hybridized carbons (Fsp3) is 0.480. The lowest BCUT2D eigenvalue weighted by atomic mass is 9.85. The normalized spacial score (nSPS) is 16.5. The monoisotopic (exact) mass is 456 g/mol. The number of hydrogen-bond acceptors (Lipinski definition) is 5. The highest BCUT2D eigenvalue weighted by Crippen LogP contribution is 2.38. The molecule has 7 heteroatoms. The molecule has 2 aromatic heterocycles. The van der Waals surface area contributed by atoms with E-state index in [1.165, 1.54) is 31.9 Å². The zero-order chi connectivity index (χ0) is 22.9. The maximum Gasteiger partial charge on any atom is 0.175 e. The molecule has 6 nitrogen and oxygen atoms in total. The maximum atomic E-state index is 11.9. The summed E-state index contributed by atoms with van der Waals surface area (Å²) in [5.74, 6) is 1.42. The zero-order valence-electron chi connectivity index (χ0n) is 19.0. The summed E-state index contributed by atoms with van der Waals surface area (Å²) in [7, 11) is -3.22. The number of sulfone groups is 1. The van der Waals surface area contributed by atoms with Crippen LogP contribution in [0, 0.1) is 5.92 Å². The van der Waals surface area contributed by atoms with Crippen LogP contribution in [0.2, 0.25) is 0 Å². The Bertz CT molecular complexity index is 1180. The molecule has 1 aromatic carbocycles. The molecule has 0 aliphatic heterocycles. The third-order valence-corrected chi connectivity index (χ3v) is 7.50. The van der Waals surface area contributed by atoms with Crippen LogP contribution in [-0.4, -0.2) is 42.0 Å². The molecular weight excluding hydrogens is 424 g/mol. The predicted octanol–water partition coefficient (Wildman–Crippen LogP) is 4.83. The standard InChI is InChI=1S/C25H32N2O4S/c1-25(2,16-28)31-20-13-19-14-23(27-24(19)26-15-20)22(12-17-6-4-5-7-17)18-8-10-21(11-9-18)32(3,29)30/h8-11,13-15,17,22,28H,4-7,12,16H2,1-3H3,(H,26,27). The number of benzene rings is 1. The van der Waals surface area contributed by atoms with Gasteiger partial charge in [0.15, 0.2) is 9.84 Å². The average molecular weight is 457 g/mol. The molecule has 1 fully saturated rings. The smallest absolute Gasteiger partial charge is 0.175 e. The molecule has 1 aliphatic rings. The van der Waals surface area contributed by atoms with Crippen molar-refractivity contribution in [2.75, 3.05) is 12.9 Å². The molecule has 1 unspecified atom stereocenters. The van der Waals surface area contributed by atoms with Gasteiger partial charge < -0.3 is 14.8 Å². The van der Waals surface area contributed by atoms with Crippen molar-refractivity contribution in [2.24, 2.45) is 5.92 Å². The third kappa shape index (κ3) is 5.15. The summed E-state index contributed by atoms with van der Waals surface area (Å²) in [5, 5.41) is 10.4. The van der Waals surface area contributed by atoms with Crippen molar-refractivity contribution in [3.8, 4) is 5.75 Å². The van der Waals surface area contributed by atoms with Gasteiger partial charge in [0.05, 0.1) is 17.7 Å². The van der Waals surface area contributed by atoms with Crippen molar-refractivity contribution < 1.29 is 18.3 Å². The number of rotatable bonds is 8. The molecule has 1 saturated carbocycles. The summed E-state index contributed by atoms with van der Waals surface area (Å²) in [6.07, 6.45) is 8.97. The number of hydrogen-bond donors (Lipinski definition) is 2. The molecule has 4 rings (SSSR count). The number of aromatic amines is 1. The van der Waals surface area contributed by atoms with Crippen LogP contribution in [0.25, 0.3) is 11.0 Å². The molecule has 0 bridgehead atoms. The van der Waals surface area contributed by atoms with Gasteiger partial charge >= 0.3 is 0 Å². The largest absolute Gasteiger partial charge is 0.484 e. The molecule has 1 aliphatic carbocycles. The highest BCUT2D eigenvalue weighted by Gasteiger charge is 2.25. The van der Waals surface area contributed by atoms with Crippen LogP contribution in [0.1, 0.15) is 63.1 Å². The van der Waals surface area contributed by atoms with Crippen molar-refractivity contribution >= 4 is 20.9 Å². The number of aromatic nitrogens is 2. The van der Waals surface area contributed by atoms with E-state index in [2.05, 4.69) is 16.0 Å². The highest BCUT2D eigenvalue weighted by molar-refractivity contribution is 7.90. The van der Waals surface area contributed by atoms with Crippen LogP contribution in [0.15, 0.2) is 47.5 Å². The Morgan fingerprint density at radius 1 is 1.19 bits per heavy atom. The number of nitrogens with one attached hydrogen (secondary N) is 1. The molecular formula is C25H32N2O4S. The third-order valence-electron chi connectivity index (χ3n) is 6.37. The summed E-state index contributed by atoms with van der Waals surface area (Å²) in [5.41, 5.74) is 2.29. The second kappa shape index (κ2) is 8.87. The number of aliphatic hydroxyl groups is 1. The van der Waals surface area contributed by atoms with Crippen molar-refractivity contribution in [2.45, 2.75) is 62.4 Å². The Hall–Kier alpha value is -2.38. The van der Waals surface area contributed by atoms with Gasteiger partial charge in [-0.05, 0) is 56.0 Å². The van der Waals surface area contributed by atoms with Crippen molar-refractivity contribution in [1.29, 1.82) is 0 Å². The first-order valence-electron chi connectivity index (χ1n) is 11.2. The van der Waals surface area contributed by atoms with Gasteiger partial charge in [-0.2, -0.15) is 0 Å². The lowest BCUT2D eigenvalue weighted by molar-refractivity contribution is 0.0411. The minimum Gasteiger partial charge on any atom is -0.484 e. The first-order chi connectivity index (χ1) is 15.1. The molecule has 0 spiro atoms. The first kappa shape index (κ1) is 22.8. The van der Waals surface area contributed by atoms with E-state index in [4.69, 9.17) is 4.74 Å². The Morgan fingerprint density at radius 3 is 2.50 bits per heavy atom. The van der Waals surface area contributed by atoms with Crippen LogP contribution >= 0.6 is 0 Å². The number of ether oxygens (including phenoxy) is 1. The Labute approximate surface area is 190 Å². The molecule has 32 heavy (non-hydrogen) atoms. The summed E-state index contributed by atoms with van der Waals surface area (Å²) in [4.78, 5) is 8.36. The van der Waals surface area contributed by atoms with Crippen molar-refractivity contribution in [3.63, 3.8) is 0 Å². The Morgan fingerprint density at radius 2 is 1.88 bits per heavy atom. The van der Waals surface area contributed by atoms with Crippen molar-refractivity contribution in [3.05, 3.63) is 53.9 Å². The van der Waals surface area contributed by atoms with E-state index in [1.54, 1.807) is 18.3 Å². The van der Waals surface area contributed by atoms with Crippen LogP contribution in [0.4, 0.5) is 0 Å². The molecule has 1 atom stereocenters. The molecule has 3 aromatic rings. The molecule has 172 valence electrons. The molecule has 2 N–H and O–H groups in total. The van der Waals surface area contributed by atoms with Gasteiger partial charge in [0, 0.05) is 23.3 Å². The zero-order valence-corrected chi connectivity index (χ0v) is 19.8.